The Bertz CT molecular complexity index is 997. The fourth-order valence-electron chi connectivity index (χ4n) is 2.76. The number of hydrogen-bond acceptors (Lipinski definition) is 6. The van der Waals surface area contributed by atoms with E-state index in [9.17, 15) is 9.59 Å². The molecule has 0 aromatic heterocycles. The molecule has 0 bridgehead atoms. The maximum absolute atomic E-state index is 12.7. The second-order valence-electron chi connectivity index (χ2n) is 6.08. The molecule has 0 saturated carbocycles. The average Bonchev–Trinajstić information content (AvgIpc) is 2.98. The van der Waals surface area contributed by atoms with Crippen LogP contribution in [0.5, 0.6) is 17.2 Å². The van der Waals surface area contributed by atoms with Crippen LogP contribution < -0.4 is 14.2 Å². The lowest BCUT2D eigenvalue weighted by Gasteiger charge is -2.14. The topological polar surface area (TPSA) is 65.1 Å². The van der Waals surface area contributed by atoms with Crippen LogP contribution in [0.2, 0.25) is 5.02 Å². The maximum atomic E-state index is 12.7. The van der Waals surface area contributed by atoms with Crippen LogP contribution in [0.4, 0.5) is 4.79 Å². The third-order valence-corrected chi connectivity index (χ3v) is 6.14. The van der Waals surface area contributed by atoms with Gasteiger partial charge in [-0.3, -0.25) is 14.5 Å². The molecule has 2 aromatic carbocycles. The van der Waals surface area contributed by atoms with E-state index in [4.69, 9.17) is 25.8 Å². The summed E-state index contributed by atoms with van der Waals surface area (Å²) in [6.07, 6.45) is 1.68. The van der Waals surface area contributed by atoms with E-state index >= 15 is 0 Å². The minimum atomic E-state index is -0.351. The number of halogens is 2. The lowest BCUT2D eigenvalue weighted by Crippen LogP contribution is -2.32. The number of rotatable bonds is 8. The lowest BCUT2D eigenvalue weighted by atomic mass is 10.2. The molecule has 0 atom stereocenters. The molecule has 0 aliphatic carbocycles. The predicted octanol–water partition coefficient (Wildman–Crippen LogP) is 5.47. The fourth-order valence-corrected chi connectivity index (χ4v) is 4.60. The van der Waals surface area contributed by atoms with Crippen molar-refractivity contribution in [3.63, 3.8) is 0 Å². The minimum Gasteiger partial charge on any atom is -0.493 e. The first kappa shape index (κ1) is 22.8. The third-order valence-electron chi connectivity index (χ3n) is 4.12. The SMILES string of the molecule is CCOc1c(I)cc(/C=C2\SC(=O)N(CCOc3ccccc3Cl)C2=O)cc1OC. The smallest absolute Gasteiger partial charge is 0.293 e. The van der Waals surface area contributed by atoms with Crippen molar-refractivity contribution < 1.29 is 23.8 Å². The van der Waals surface area contributed by atoms with Crippen LogP contribution in [-0.2, 0) is 4.79 Å². The van der Waals surface area contributed by atoms with Crippen molar-refractivity contribution in [1.82, 2.24) is 4.90 Å². The largest absolute Gasteiger partial charge is 0.493 e. The summed E-state index contributed by atoms with van der Waals surface area (Å²) in [7, 11) is 1.56. The number of hydrogen-bond donors (Lipinski definition) is 0. The monoisotopic (exact) mass is 559 g/mol. The van der Waals surface area contributed by atoms with Gasteiger partial charge in [-0.25, -0.2) is 0 Å². The number of ether oxygens (including phenoxy) is 3. The summed E-state index contributed by atoms with van der Waals surface area (Å²) in [6.45, 7) is 2.71. The minimum absolute atomic E-state index is 0.136. The molecule has 2 aromatic rings. The molecular formula is C21H19ClINO5S. The summed E-state index contributed by atoms with van der Waals surface area (Å²) < 4.78 is 17.5. The van der Waals surface area contributed by atoms with Gasteiger partial charge in [-0.2, -0.15) is 0 Å². The second-order valence-corrected chi connectivity index (χ2v) is 8.64. The number of benzene rings is 2. The van der Waals surface area contributed by atoms with Gasteiger partial charge >= 0.3 is 0 Å². The summed E-state index contributed by atoms with van der Waals surface area (Å²) in [5, 5.41) is 0.146. The Morgan fingerprint density at radius 3 is 2.63 bits per heavy atom. The molecule has 2 amide bonds. The van der Waals surface area contributed by atoms with Crippen LogP contribution in [0.3, 0.4) is 0 Å². The number of thioether (sulfide) groups is 1. The van der Waals surface area contributed by atoms with Crippen molar-refractivity contribution in [2.45, 2.75) is 6.92 Å². The van der Waals surface area contributed by atoms with Crippen LogP contribution >= 0.6 is 46.0 Å². The van der Waals surface area contributed by atoms with Gasteiger partial charge < -0.3 is 14.2 Å². The van der Waals surface area contributed by atoms with Gasteiger partial charge in [0.05, 0.1) is 33.8 Å². The van der Waals surface area contributed by atoms with Gasteiger partial charge in [-0.1, -0.05) is 23.7 Å². The first-order valence-corrected chi connectivity index (χ1v) is 11.3. The van der Waals surface area contributed by atoms with Gasteiger partial charge in [0.2, 0.25) is 0 Å². The van der Waals surface area contributed by atoms with Crippen LogP contribution in [0.15, 0.2) is 41.3 Å². The van der Waals surface area contributed by atoms with Crippen molar-refractivity contribution in [2.24, 2.45) is 0 Å². The van der Waals surface area contributed by atoms with E-state index < -0.39 is 0 Å². The Balaban J connectivity index is 1.71. The highest BCUT2D eigenvalue weighted by atomic mass is 127. The Kier molecular flexibility index (Phi) is 7.90. The van der Waals surface area contributed by atoms with E-state index in [1.807, 2.05) is 13.0 Å². The highest BCUT2D eigenvalue weighted by Crippen LogP contribution is 2.37. The first-order chi connectivity index (χ1) is 14.4. The molecule has 158 valence electrons. The van der Waals surface area contributed by atoms with Gasteiger partial charge in [0.15, 0.2) is 11.5 Å². The molecule has 30 heavy (non-hydrogen) atoms. The number of para-hydroxylation sites is 1. The lowest BCUT2D eigenvalue weighted by molar-refractivity contribution is -0.123. The molecule has 3 rings (SSSR count). The van der Waals surface area contributed by atoms with E-state index in [2.05, 4.69) is 22.6 Å². The number of carbonyl (C=O) groups is 2. The van der Waals surface area contributed by atoms with E-state index in [0.717, 1.165) is 20.9 Å². The standard InChI is InChI=1S/C21H19ClINO5S/c1-3-28-19-15(23)10-13(11-17(19)27-2)12-18-20(25)24(21(26)30-18)8-9-29-16-7-5-4-6-14(16)22/h4-7,10-12H,3,8-9H2,1-2H3/b18-12-. The Morgan fingerprint density at radius 2 is 1.93 bits per heavy atom. The highest BCUT2D eigenvalue weighted by Gasteiger charge is 2.35. The van der Waals surface area contributed by atoms with E-state index in [0.29, 0.717) is 33.8 Å². The first-order valence-electron chi connectivity index (χ1n) is 9.07. The van der Waals surface area contributed by atoms with Crippen molar-refractivity contribution >= 4 is 63.2 Å². The zero-order valence-corrected chi connectivity index (χ0v) is 20.0. The molecule has 6 nitrogen and oxygen atoms in total. The van der Waals surface area contributed by atoms with Crippen molar-refractivity contribution in [2.75, 3.05) is 26.9 Å². The zero-order valence-electron chi connectivity index (χ0n) is 16.3. The van der Waals surface area contributed by atoms with Gasteiger partial charge in [0.25, 0.3) is 11.1 Å². The molecule has 0 unspecified atom stereocenters. The number of carbonyl (C=O) groups excluding carboxylic acids is 2. The van der Waals surface area contributed by atoms with Crippen molar-refractivity contribution in [3.05, 3.63) is 55.5 Å². The molecule has 0 spiro atoms. The Morgan fingerprint density at radius 1 is 1.17 bits per heavy atom. The van der Waals surface area contributed by atoms with Gasteiger partial charge in [0.1, 0.15) is 12.4 Å². The molecule has 1 saturated heterocycles. The summed E-state index contributed by atoms with van der Waals surface area (Å²) >= 11 is 9.11. The molecule has 1 heterocycles. The number of imide groups is 1. The normalized spacial score (nSPS) is 15.1. The van der Waals surface area contributed by atoms with E-state index in [1.165, 1.54) is 4.90 Å². The predicted molar refractivity (Wildman–Crippen MR) is 127 cm³/mol. The highest BCUT2D eigenvalue weighted by molar-refractivity contribution is 14.1. The molecule has 0 N–H and O–H groups in total. The third kappa shape index (κ3) is 5.22. The second kappa shape index (κ2) is 10.4. The summed E-state index contributed by atoms with van der Waals surface area (Å²) in [5.41, 5.74) is 0.748. The fraction of sp³-hybridized carbons (Fsp3) is 0.238. The van der Waals surface area contributed by atoms with E-state index in [1.54, 1.807) is 43.5 Å². The van der Waals surface area contributed by atoms with Crippen LogP contribution in [0.1, 0.15) is 12.5 Å². The zero-order chi connectivity index (χ0) is 21.7. The summed E-state index contributed by atoms with van der Waals surface area (Å²) in [5.74, 6) is 1.39. The molecule has 1 aliphatic rings. The Hall–Kier alpha value is -1.91. The van der Waals surface area contributed by atoms with Gasteiger partial charge in [-0.15, -0.1) is 0 Å². The van der Waals surface area contributed by atoms with Gasteiger partial charge in [-0.05, 0) is 77.2 Å². The number of methoxy groups -OCH3 is 1. The number of amides is 2. The average molecular weight is 560 g/mol. The van der Waals surface area contributed by atoms with Crippen molar-refractivity contribution in [3.8, 4) is 17.2 Å². The maximum Gasteiger partial charge on any atom is 0.293 e. The van der Waals surface area contributed by atoms with E-state index in [-0.39, 0.29) is 24.3 Å². The summed E-state index contributed by atoms with van der Waals surface area (Å²) in [4.78, 5) is 26.6. The quantitative estimate of drug-likeness (QED) is 0.316. The van der Waals surface area contributed by atoms with Crippen LogP contribution in [0, 0.1) is 3.57 Å². The molecule has 0 radical (unpaired) electrons. The molecule has 1 fully saturated rings. The summed E-state index contributed by atoms with van der Waals surface area (Å²) in [6, 6.07) is 10.7. The molecule has 9 heteroatoms. The molecular weight excluding hydrogens is 541 g/mol. The van der Waals surface area contributed by atoms with Crippen molar-refractivity contribution in [1.29, 1.82) is 0 Å². The van der Waals surface area contributed by atoms with Crippen LogP contribution in [-0.4, -0.2) is 42.9 Å². The number of nitrogens with zero attached hydrogens (tertiary/aromatic N) is 1. The molecule has 1 aliphatic heterocycles. The van der Waals surface area contributed by atoms with Gasteiger partial charge in [0, 0.05) is 0 Å². The Labute approximate surface area is 197 Å². The van der Waals surface area contributed by atoms with Crippen LogP contribution in [0.25, 0.3) is 6.08 Å².